The summed E-state index contributed by atoms with van der Waals surface area (Å²) in [7, 11) is -3.77. The van der Waals surface area contributed by atoms with E-state index in [1.54, 1.807) is 0 Å². The second-order valence-corrected chi connectivity index (χ2v) is 6.86. The lowest BCUT2D eigenvalue weighted by Crippen LogP contribution is -2.12. The predicted octanol–water partition coefficient (Wildman–Crippen LogP) is 2.15. The molecular weight excluding hydrogens is 286 g/mol. The maximum Gasteiger partial charge on any atom is 0.257 e. The van der Waals surface area contributed by atoms with Gasteiger partial charge in [0, 0.05) is 19.2 Å². The molecule has 0 fully saturated rings. The lowest BCUT2D eigenvalue weighted by Gasteiger charge is -2.10. The normalized spacial score (nSPS) is 11.8. The van der Waals surface area contributed by atoms with Gasteiger partial charge in [-0.05, 0) is 31.4 Å². The molecule has 2 rings (SSSR count). The van der Waals surface area contributed by atoms with Crippen LogP contribution in [0.2, 0.25) is 0 Å². The highest BCUT2D eigenvalue weighted by Gasteiger charge is 2.16. The summed E-state index contributed by atoms with van der Waals surface area (Å²) in [6, 6.07) is 6.25. The lowest BCUT2D eigenvalue weighted by molar-refractivity contribution is 0.594. The number of primary sulfonamides is 1. The Morgan fingerprint density at radius 3 is 2.62 bits per heavy atom. The van der Waals surface area contributed by atoms with Crippen molar-refractivity contribution in [2.45, 2.75) is 45.2 Å². The number of nitrogens with zero attached hydrogens (tertiary/aromatic N) is 2. The number of aromatic nitrogens is 2. The highest BCUT2D eigenvalue weighted by atomic mass is 32.2. The van der Waals surface area contributed by atoms with Crippen molar-refractivity contribution in [2.24, 2.45) is 5.14 Å². The molecule has 5 nitrogen and oxygen atoms in total. The third-order valence-electron chi connectivity index (χ3n) is 3.45. The topological polar surface area (TPSA) is 78.0 Å². The summed E-state index contributed by atoms with van der Waals surface area (Å²) in [6.07, 6.45) is 3.15. The average molecular weight is 307 g/mol. The van der Waals surface area contributed by atoms with Gasteiger partial charge in [-0.3, -0.25) is 0 Å². The smallest absolute Gasteiger partial charge is 0.257 e. The van der Waals surface area contributed by atoms with Gasteiger partial charge >= 0.3 is 0 Å². The molecule has 2 aromatic rings. The summed E-state index contributed by atoms with van der Waals surface area (Å²) >= 11 is 0. The molecule has 0 radical (unpaired) electrons. The molecule has 1 aromatic carbocycles. The minimum atomic E-state index is -3.77. The van der Waals surface area contributed by atoms with E-state index in [1.807, 2.05) is 25.3 Å². The summed E-state index contributed by atoms with van der Waals surface area (Å²) in [5.74, 6) is 0.752. The number of benzene rings is 1. The molecule has 0 unspecified atom stereocenters. The predicted molar refractivity (Wildman–Crippen MR) is 82.6 cm³/mol. The number of imidazole rings is 1. The molecule has 21 heavy (non-hydrogen) atoms. The molecule has 0 aliphatic carbocycles. The van der Waals surface area contributed by atoms with E-state index in [4.69, 9.17) is 5.14 Å². The van der Waals surface area contributed by atoms with Crippen LogP contribution in [-0.4, -0.2) is 18.0 Å². The number of hydrogen-bond donors (Lipinski definition) is 1. The summed E-state index contributed by atoms with van der Waals surface area (Å²) in [5.41, 5.74) is 3.51. The van der Waals surface area contributed by atoms with Gasteiger partial charge in [0.25, 0.3) is 10.0 Å². The first kappa shape index (κ1) is 15.7. The first-order valence-electron chi connectivity index (χ1n) is 6.96. The molecule has 0 aliphatic rings. The van der Waals surface area contributed by atoms with Gasteiger partial charge in [0.05, 0.1) is 0 Å². The molecule has 0 spiro atoms. The van der Waals surface area contributed by atoms with Crippen molar-refractivity contribution in [1.29, 1.82) is 0 Å². The largest absolute Gasteiger partial charge is 0.329 e. The lowest BCUT2D eigenvalue weighted by atomic mass is 10.1. The molecule has 1 heterocycles. The average Bonchev–Trinajstić information content (AvgIpc) is 2.78. The van der Waals surface area contributed by atoms with Gasteiger partial charge < -0.3 is 4.57 Å². The molecule has 1 aromatic heterocycles. The minimum absolute atomic E-state index is 0.0590. The van der Waals surface area contributed by atoms with Gasteiger partial charge in [0.1, 0.15) is 5.82 Å². The third-order valence-corrected chi connectivity index (χ3v) is 4.23. The van der Waals surface area contributed by atoms with Crippen LogP contribution in [0.15, 0.2) is 29.4 Å². The highest BCUT2D eigenvalue weighted by molar-refractivity contribution is 7.89. The Labute approximate surface area is 125 Å². The maximum atomic E-state index is 11.5. The van der Waals surface area contributed by atoms with Gasteiger partial charge in [-0.2, -0.15) is 0 Å². The van der Waals surface area contributed by atoms with E-state index in [-0.39, 0.29) is 5.03 Å². The quantitative estimate of drug-likeness (QED) is 0.919. The molecule has 0 aliphatic heterocycles. The molecule has 114 valence electrons. The fourth-order valence-corrected chi connectivity index (χ4v) is 2.79. The molecule has 2 N–H and O–H groups in total. The Morgan fingerprint density at radius 1 is 1.29 bits per heavy atom. The number of rotatable bonds is 5. The van der Waals surface area contributed by atoms with Crippen molar-refractivity contribution >= 4 is 10.0 Å². The number of hydrogen-bond acceptors (Lipinski definition) is 3. The molecule has 0 saturated carbocycles. The summed E-state index contributed by atoms with van der Waals surface area (Å²) < 4.78 is 24.8. The van der Waals surface area contributed by atoms with Crippen molar-refractivity contribution in [3.05, 3.63) is 46.9 Å². The van der Waals surface area contributed by atoms with E-state index >= 15 is 0 Å². The van der Waals surface area contributed by atoms with Crippen molar-refractivity contribution in [3.63, 3.8) is 0 Å². The van der Waals surface area contributed by atoms with Crippen LogP contribution in [0.25, 0.3) is 0 Å². The van der Waals surface area contributed by atoms with Crippen molar-refractivity contribution in [3.8, 4) is 0 Å². The van der Waals surface area contributed by atoms with Crippen LogP contribution in [0.5, 0.6) is 0 Å². The molecule has 0 saturated heterocycles. The molecular formula is C15H21N3O2S. The Morgan fingerprint density at radius 2 is 2.00 bits per heavy atom. The van der Waals surface area contributed by atoms with Crippen molar-refractivity contribution < 1.29 is 8.42 Å². The summed E-state index contributed by atoms with van der Waals surface area (Å²) in [6.45, 7) is 6.73. The fourth-order valence-electron chi connectivity index (χ4n) is 2.28. The Balaban J connectivity index is 2.43. The van der Waals surface area contributed by atoms with E-state index < -0.39 is 10.0 Å². The van der Waals surface area contributed by atoms with Crippen molar-refractivity contribution in [1.82, 2.24) is 9.55 Å². The van der Waals surface area contributed by atoms with Gasteiger partial charge in [-0.1, -0.05) is 30.7 Å². The van der Waals surface area contributed by atoms with Gasteiger partial charge in [-0.25, -0.2) is 18.5 Å². The fraction of sp³-hybridized carbons (Fsp3) is 0.400. The summed E-state index contributed by atoms with van der Waals surface area (Å²) in [4.78, 5) is 4.17. The van der Waals surface area contributed by atoms with Crippen LogP contribution in [0, 0.1) is 13.8 Å². The first-order valence-corrected chi connectivity index (χ1v) is 8.51. The monoisotopic (exact) mass is 307 g/mol. The maximum absolute atomic E-state index is 11.5. The van der Waals surface area contributed by atoms with Crippen LogP contribution in [0.1, 0.15) is 35.9 Å². The number of nitrogens with two attached hydrogens (primary N) is 1. The standard InChI is InChI=1S/C15H21N3O2S/c1-4-5-14-17-15(21(16,19)20)10-18(14)9-13-8-11(2)6-7-12(13)3/h6-8,10H,4-5,9H2,1-3H3,(H2,16,19,20). The zero-order valence-corrected chi connectivity index (χ0v) is 13.4. The minimum Gasteiger partial charge on any atom is -0.329 e. The van der Waals surface area contributed by atoms with E-state index in [9.17, 15) is 8.42 Å². The van der Waals surface area contributed by atoms with E-state index in [2.05, 4.69) is 23.2 Å². The third kappa shape index (κ3) is 3.71. The zero-order chi connectivity index (χ0) is 15.6. The van der Waals surface area contributed by atoms with Crippen LogP contribution in [0.4, 0.5) is 0 Å². The van der Waals surface area contributed by atoms with E-state index in [1.165, 1.54) is 17.3 Å². The molecule has 0 atom stereocenters. The molecule has 0 bridgehead atoms. The second-order valence-electron chi connectivity index (χ2n) is 5.35. The van der Waals surface area contributed by atoms with E-state index in [0.717, 1.165) is 24.2 Å². The van der Waals surface area contributed by atoms with Gasteiger partial charge in [0.15, 0.2) is 5.03 Å². The van der Waals surface area contributed by atoms with Crippen LogP contribution in [0.3, 0.4) is 0 Å². The summed E-state index contributed by atoms with van der Waals surface area (Å²) in [5, 5.41) is 5.12. The Kier molecular flexibility index (Phi) is 4.49. The van der Waals surface area contributed by atoms with Gasteiger partial charge in [0.2, 0.25) is 0 Å². The Hall–Kier alpha value is -1.66. The first-order chi connectivity index (χ1) is 9.81. The number of aryl methyl sites for hydroxylation is 3. The Bertz CT molecular complexity index is 748. The zero-order valence-electron chi connectivity index (χ0n) is 12.6. The second kappa shape index (κ2) is 5.99. The van der Waals surface area contributed by atoms with Crippen LogP contribution >= 0.6 is 0 Å². The van der Waals surface area contributed by atoms with Gasteiger partial charge in [-0.15, -0.1) is 0 Å². The van der Waals surface area contributed by atoms with Crippen molar-refractivity contribution in [2.75, 3.05) is 0 Å². The molecule has 0 amide bonds. The molecule has 6 heteroatoms. The van der Waals surface area contributed by atoms with Crippen LogP contribution < -0.4 is 5.14 Å². The number of sulfonamides is 1. The van der Waals surface area contributed by atoms with Crippen LogP contribution in [-0.2, 0) is 23.0 Å². The highest BCUT2D eigenvalue weighted by Crippen LogP contribution is 2.16. The SMILES string of the molecule is CCCc1nc(S(N)(=O)=O)cn1Cc1cc(C)ccc1C. The van der Waals surface area contributed by atoms with E-state index in [0.29, 0.717) is 6.54 Å².